The molecule has 4 aromatic rings. The van der Waals surface area contributed by atoms with E-state index in [1.54, 1.807) is 13.3 Å². The Labute approximate surface area is 171 Å². The standard InChI is InChI=1S/C25H24N2O2/c1-3-4-13-29-25-23-15-19(18-7-5-9-22(14-18)28-2)10-11-20(23)16-24(27-25)21-8-6-12-26-17-21/h5-12,14-17H,3-4,13H2,1-2H3. The second kappa shape index (κ2) is 8.74. The third-order valence-corrected chi connectivity index (χ3v) is 4.89. The summed E-state index contributed by atoms with van der Waals surface area (Å²) < 4.78 is 11.5. The van der Waals surface area contributed by atoms with E-state index < -0.39 is 0 Å². The van der Waals surface area contributed by atoms with Gasteiger partial charge in [0, 0.05) is 23.3 Å². The lowest BCUT2D eigenvalue weighted by molar-refractivity contribution is 0.302. The lowest BCUT2D eigenvalue weighted by atomic mass is 10.0. The van der Waals surface area contributed by atoms with Gasteiger partial charge in [0.2, 0.25) is 5.88 Å². The van der Waals surface area contributed by atoms with Crippen molar-refractivity contribution in [3.63, 3.8) is 0 Å². The third-order valence-electron chi connectivity index (χ3n) is 4.89. The average Bonchev–Trinajstić information content (AvgIpc) is 2.79. The molecule has 4 rings (SSSR count). The Hall–Kier alpha value is -3.40. The van der Waals surface area contributed by atoms with Gasteiger partial charge in [0.1, 0.15) is 5.75 Å². The van der Waals surface area contributed by atoms with Crippen LogP contribution in [0.5, 0.6) is 11.6 Å². The Morgan fingerprint density at radius 3 is 2.55 bits per heavy atom. The fourth-order valence-corrected chi connectivity index (χ4v) is 3.28. The van der Waals surface area contributed by atoms with E-state index in [0.29, 0.717) is 12.5 Å². The molecular weight excluding hydrogens is 360 g/mol. The zero-order valence-corrected chi connectivity index (χ0v) is 16.8. The van der Waals surface area contributed by atoms with E-state index in [-0.39, 0.29) is 0 Å². The predicted octanol–water partition coefficient (Wildman–Crippen LogP) is 6.15. The van der Waals surface area contributed by atoms with E-state index in [0.717, 1.165) is 51.7 Å². The van der Waals surface area contributed by atoms with Crippen LogP contribution in [-0.2, 0) is 0 Å². The zero-order valence-electron chi connectivity index (χ0n) is 16.8. The molecule has 0 amide bonds. The monoisotopic (exact) mass is 384 g/mol. The van der Waals surface area contributed by atoms with Crippen LogP contribution >= 0.6 is 0 Å². The van der Waals surface area contributed by atoms with Gasteiger partial charge in [-0.25, -0.2) is 4.98 Å². The molecule has 0 aliphatic carbocycles. The topological polar surface area (TPSA) is 44.2 Å². The molecule has 29 heavy (non-hydrogen) atoms. The summed E-state index contributed by atoms with van der Waals surface area (Å²) in [5.41, 5.74) is 4.05. The van der Waals surface area contributed by atoms with Crippen molar-refractivity contribution in [1.29, 1.82) is 0 Å². The molecule has 2 aromatic carbocycles. The summed E-state index contributed by atoms with van der Waals surface area (Å²) in [6.07, 6.45) is 5.67. The molecule has 2 heterocycles. The maximum Gasteiger partial charge on any atom is 0.221 e. The molecule has 0 fully saturated rings. The largest absolute Gasteiger partial charge is 0.497 e. The van der Waals surface area contributed by atoms with E-state index in [1.807, 2.05) is 36.5 Å². The summed E-state index contributed by atoms with van der Waals surface area (Å²) in [4.78, 5) is 9.05. The average molecular weight is 384 g/mol. The normalized spacial score (nSPS) is 10.8. The van der Waals surface area contributed by atoms with E-state index in [4.69, 9.17) is 14.5 Å². The minimum Gasteiger partial charge on any atom is -0.497 e. The van der Waals surface area contributed by atoms with Crippen LogP contribution < -0.4 is 9.47 Å². The van der Waals surface area contributed by atoms with Gasteiger partial charge < -0.3 is 9.47 Å². The lowest BCUT2D eigenvalue weighted by Gasteiger charge is -2.12. The van der Waals surface area contributed by atoms with Gasteiger partial charge in [0.15, 0.2) is 0 Å². The van der Waals surface area contributed by atoms with Crippen molar-refractivity contribution in [3.8, 4) is 34.0 Å². The minimum atomic E-state index is 0.651. The van der Waals surface area contributed by atoms with Crippen LogP contribution in [0, 0.1) is 0 Å². The Morgan fingerprint density at radius 2 is 1.76 bits per heavy atom. The van der Waals surface area contributed by atoms with E-state index in [2.05, 4.69) is 42.2 Å². The summed E-state index contributed by atoms with van der Waals surface area (Å²) in [5, 5.41) is 2.10. The molecule has 4 heteroatoms. The van der Waals surface area contributed by atoms with Crippen LogP contribution in [0.3, 0.4) is 0 Å². The van der Waals surface area contributed by atoms with Gasteiger partial charge in [-0.3, -0.25) is 4.98 Å². The lowest BCUT2D eigenvalue weighted by Crippen LogP contribution is -2.00. The highest BCUT2D eigenvalue weighted by Crippen LogP contribution is 2.33. The molecule has 0 radical (unpaired) electrons. The van der Waals surface area contributed by atoms with Gasteiger partial charge >= 0.3 is 0 Å². The summed E-state index contributed by atoms with van der Waals surface area (Å²) in [6.45, 7) is 2.81. The molecule has 0 aliphatic heterocycles. The van der Waals surface area contributed by atoms with Crippen LogP contribution in [0.2, 0.25) is 0 Å². The molecular formula is C25H24N2O2. The summed E-state index contributed by atoms with van der Waals surface area (Å²) >= 11 is 0. The first-order valence-electron chi connectivity index (χ1n) is 9.91. The summed E-state index contributed by atoms with van der Waals surface area (Å²) in [5.74, 6) is 1.51. The SMILES string of the molecule is CCCCOc1nc(-c2cccnc2)cc2ccc(-c3cccc(OC)c3)cc12. The Kier molecular flexibility index (Phi) is 5.71. The van der Waals surface area contributed by atoms with Crippen molar-refractivity contribution in [3.05, 3.63) is 73.1 Å². The number of benzene rings is 2. The van der Waals surface area contributed by atoms with Crippen LogP contribution in [0.15, 0.2) is 73.1 Å². The number of rotatable bonds is 7. The fourth-order valence-electron chi connectivity index (χ4n) is 3.28. The number of pyridine rings is 2. The van der Waals surface area contributed by atoms with Gasteiger partial charge in [-0.05, 0) is 59.3 Å². The second-order valence-corrected chi connectivity index (χ2v) is 6.92. The van der Waals surface area contributed by atoms with Crippen LogP contribution in [0.1, 0.15) is 19.8 Å². The molecule has 0 bridgehead atoms. The smallest absolute Gasteiger partial charge is 0.221 e. The number of hydrogen-bond donors (Lipinski definition) is 0. The molecule has 146 valence electrons. The summed E-state index contributed by atoms with van der Waals surface area (Å²) in [6, 6.07) is 20.5. The first kappa shape index (κ1) is 18.9. The van der Waals surface area contributed by atoms with Gasteiger partial charge in [-0.2, -0.15) is 0 Å². The highest BCUT2D eigenvalue weighted by atomic mass is 16.5. The van der Waals surface area contributed by atoms with Crippen LogP contribution in [-0.4, -0.2) is 23.7 Å². The molecule has 0 atom stereocenters. The van der Waals surface area contributed by atoms with Crippen molar-refractivity contribution < 1.29 is 9.47 Å². The molecule has 4 nitrogen and oxygen atoms in total. The van der Waals surface area contributed by atoms with E-state index in [9.17, 15) is 0 Å². The van der Waals surface area contributed by atoms with Gasteiger partial charge in [-0.1, -0.05) is 37.6 Å². The fraction of sp³-hybridized carbons (Fsp3) is 0.200. The Balaban J connectivity index is 1.82. The van der Waals surface area contributed by atoms with Crippen LogP contribution in [0.4, 0.5) is 0 Å². The van der Waals surface area contributed by atoms with Crippen molar-refractivity contribution in [1.82, 2.24) is 9.97 Å². The number of fused-ring (bicyclic) bond motifs is 1. The maximum atomic E-state index is 6.10. The number of unbranched alkanes of at least 4 members (excludes halogenated alkanes) is 1. The van der Waals surface area contributed by atoms with Gasteiger partial charge in [0.05, 0.1) is 19.4 Å². The summed E-state index contributed by atoms with van der Waals surface area (Å²) in [7, 11) is 1.68. The quantitative estimate of drug-likeness (QED) is 0.358. The maximum absolute atomic E-state index is 6.10. The Bertz CT molecular complexity index is 1110. The second-order valence-electron chi connectivity index (χ2n) is 6.92. The minimum absolute atomic E-state index is 0.651. The zero-order chi connectivity index (χ0) is 20.1. The number of ether oxygens (including phenoxy) is 2. The number of nitrogens with zero attached hydrogens (tertiary/aromatic N) is 2. The van der Waals surface area contributed by atoms with E-state index in [1.165, 1.54) is 0 Å². The number of aromatic nitrogens is 2. The Morgan fingerprint density at radius 1 is 0.897 bits per heavy atom. The highest BCUT2D eigenvalue weighted by Gasteiger charge is 2.11. The molecule has 0 saturated heterocycles. The third kappa shape index (κ3) is 4.21. The number of hydrogen-bond acceptors (Lipinski definition) is 4. The molecule has 0 unspecified atom stereocenters. The van der Waals surface area contributed by atoms with Crippen LogP contribution in [0.25, 0.3) is 33.2 Å². The molecule has 0 aliphatic rings. The first-order valence-corrected chi connectivity index (χ1v) is 9.91. The van der Waals surface area contributed by atoms with Crippen molar-refractivity contribution in [2.45, 2.75) is 19.8 Å². The van der Waals surface area contributed by atoms with Crippen molar-refractivity contribution in [2.24, 2.45) is 0 Å². The van der Waals surface area contributed by atoms with Crippen molar-refractivity contribution >= 4 is 10.8 Å². The number of methoxy groups -OCH3 is 1. The van der Waals surface area contributed by atoms with Gasteiger partial charge in [0.25, 0.3) is 0 Å². The molecule has 0 saturated carbocycles. The predicted molar refractivity (Wildman–Crippen MR) is 117 cm³/mol. The molecule has 0 N–H and O–H groups in total. The van der Waals surface area contributed by atoms with Crippen molar-refractivity contribution in [2.75, 3.05) is 13.7 Å². The molecule has 0 spiro atoms. The molecule has 2 aromatic heterocycles. The van der Waals surface area contributed by atoms with E-state index >= 15 is 0 Å². The first-order chi connectivity index (χ1) is 14.3. The highest BCUT2D eigenvalue weighted by molar-refractivity contribution is 5.93. The van der Waals surface area contributed by atoms with Gasteiger partial charge in [-0.15, -0.1) is 0 Å².